The van der Waals surface area contributed by atoms with Gasteiger partial charge in [-0.3, -0.25) is 9.69 Å². The molecule has 2 fully saturated rings. The molecule has 7 N–H and O–H groups in total. The molecule has 0 bridgehead atoms. The van der Waals surface area contributed by atoms with Gasteiger partial charge < -0.3 is 50.0 Å². The Labute approximate surface area is 339 Å². The Bertz CT molecular complexity index is 1580. The number of ether oxygens (including phenoxy) is 3. The maximum absolute atomic E-state index is 13.6. The van der Waals surface area contributed by atoms with E-state index >= 15 is 0 Å². The Kier molecular flexibility index (Phi) is 17.3. The van der Waals surface area contributed by atoms with Gasteiger partial charge >= 0.3 is 12.0 Å². The molecule has 17 heteroatoms. The van der Waals surface area contributed by atoms with Crippen molar-refractivity contribution >= 4 is 22.0 Å². The summed E-state index contributed by atoms with van der Waals surface area (Å²) >= 11 is 0. The minimum atomic E-state index is -4.12. The molecule has 0 aliphatic carbocycles. The van der Waals surface area contributed by atoms with E-state index in [1.807, 2.05) is 42.5 Å². The van der Waals surface area contributed by atoms with Gasteiger partial charge in [-0.05, 0) is 98.9 Å². The van der Waals surface area contributed by atoms with Crippen molar-refractivity contribution in [2.24, 2.45) is 17.8 Å². The lowest BCUT2D eigenvalue weighted by Crippen LogP contribution is -2.59. The summed E-state index contributed by atoms with van der Waals surface area (Å²) in [7, 11) is -0.429. The van der Waals surface area contributed by atoms with E-state index in [0.29, 0.717) is 18.4 Å². The van der Waals surface area contributed by atoms with E-state index in [2.05, 4.69) is 5.32 Å². The summed E-state index contributed by atoms with van der Waals surface area (Å²) in [4.78, 5) is 30.1. The molecule has 1 aromatic carbocycles. The quantitative estimate of drug-likeness (QED) is 0.132. The van der Waals surface area contributed by atoms with Crippen molar-refractivity contribution in [1.29, 1.82) is 0 Å². The first kappa shape index (κ1) is 48.9. The molecule has 16 nitrogen and oxygen atoms in total. The molecule has 0 spiro atoms. The van der Waals surface area contributed by atoms with Crippen molar-refractivity contribution in [1.82, 2.24) is 19.8 Å². The molecule has 2 aliphatic rings. The highest BCUT2D eigenvalue weighted by Crippen LogP contribution is 2.37. The van der Waals surface area contributed by atoms with Crippen LogP contribution in [-0.2, 0) is 29.0 Å². The largest absolute Gasteiger partial charge is 0.459 e. The Morgan fingerprint density at radius 3 is 2.28 bits per heavy atom. The molecular weight excluding hydrogens is 761 g/mol. The van der Waals surface area contributed by atoms with E-state index in [4.69, 9.17) is 14.2 Å². The van der Waals surface area contributed by atoms with E-state index in [-0.39, 0.29) is 55.4 Å². The first-order valence-corrected chi connectivity index (χ1v) is 21.6. The number of sulfonamides is 1. The summed E-state index contributed by atoms with van der Waals surface area (Å²) in [6, 6.07) is 4.34. The van der Waals surface area contributed by atoms with Crippen LogP contribution in [0.4, 0.5) is 4.79 Å². The smallest absolute Gasteiger partial charge is 0.328 e. The number of rotatable bonds is 10. The standard InChI is InChI=1S/C40H70N4O12S/c1-12-31-40(9,51)34(47)28(7)44(19-15-18-41-38(49)42-57(52,53)30-17-14-13-16-24(30)3)22-23(2)21-39(8,50)35(26(5)32(45)27(6)36(48)55-31)56-37-33(46)29(43(10)11)20-25(4)54-37/h13-14,16-17,23,25-29,31-35,37,45-47,50-51H,12,15,18-22H2,1-11H3,(H2,41,42,49)/t23-,25+,26-,27-,28-,29+,31-,32+,33+,34-,35-,37-,39-,40-/m1/s1. The summed E-state index contributed by atoms with van der Waals surface area (Å²) in [6.45, 7) is 15.5. The molecule has 0 radical (unpaired) electrons. The molecule has 2 amide bonds. The van der Waals surface area contributed by atoms with E-state index in [1.54, 1.807) is 52.8 Å². The van der Waals surface area contributed by atoms with Gasteiger partial charge in [-0.15, -0.1) is 0 Å². The van der Waals surface area contributed by atoms with Crippen LogP contribution in [0.1, 0.15) is 86.6 Å². The fourth-order valence-corrected chi connectivity index (χ4v) is 9.63. The SMILES string of the molecule is CC[C@H]1OC(=O)[C@H](C)[C@@H](O)[C@@H](C)[C@@H](O[C@H]2O[C@@H](C)C[C@H](N(C)C)[C@@H]2O)[C@](C)(O)C[C@@H](C)CN(CCCNC(=O)NS(=O)(=O)c2ccccc2C)[C@H](C)[C@@H](O)[C@]1(C)O. The number of esters is 1. The summed E-state index contributed by atoms with van der Waals surface area (Å²) < 4.78 is 46.0. The van der Waals surface area contributed by atoms with Crippen molar-refractivity contribution < 1.29 is 57.8 Å². The van der Waals surface area contributed by atoms with E-state index in [0.717, 1.165) is 0 Å². The van der Waals surface area contributed by atoms with Gasteiger partial charge in [0.2, 0.25) is 0 Å². The van der Waals surface area contributed by atoms with E-state index in [1.165, 1.54) is 19.9 Å². The Morgan fingerprint density at radius 2 is 1.68 bits per heavy atom. The van der Waals surface area contributed by atoms with Gasteiger partial charge in [0.25, 0.3) is 10.0 Å². The minimum absolute atomic E-state index is 0.0155. The van der Waals surface area contributed by atoms with E-state index in [9.17, 15) is 43.5 Å². The van der Waals surface area contributed by atoms with Crippen molar-refractivity contribution in [2.75, 3.05) is 33.7 Å². The molecule has 1 aromatic rings. The summed E-state index contributed by atoms with van der Waals surface area (Å²) in [5.41, 5.74) is -3.11. The van der Waals surface area contributed by atoms with Crippen LogP contribution < -0.4 is 10.0 Å². The number of aliphatic hydroxyl groups is 5. The lowest BCUT2D eigenvalue weighted by atomic mass is 9.78. The molecule has 0 unspecified atom stereocenters. The third-order valence-electron chi connectivity index (χ3n) is 11.8. The average Bonchev–Trinajstić information content (AvgIpc) is 3.12. The molecule has 57 heavy (non-hydrogen) atoms. The van der Waals surface area contributed by atoms with Crippen LogP contribution in [0.5, 0.6) is 0 Å². The average molecular weight is 831 g/mol. The highest BCUT2D eigenvalue weighted by molar-refractivity contribution is 7.90. The number of cyclic esters (lactones) is 1. The highest BCUT2D eigenvalue weighted by Gasteiger charge is 2.50. The maximum Gasteiger partial charge on any atom is 0.328 e. The molecule has 0 saturated carbocycles. The Hall–Kier alpha value is -2.45. The van der Waals surface area contributed by atoms with Crippen molar-refractivity contribution in [3.05, 3.63) is 29.8 Å². The van der Waals surface area contributed by atoms with Gasteiger partial charge in [0, 0.05) is 37.6 Å². The maximum atomic E-state index is 13.6. The number of carbonyl (C=O) groups is 2. The number of benzene rings is 1. The molecule has 14 atom stereocenters. The first-order chi connectivity index (χ1) is 26.3. The van der Waals surface area contributed by atoms with Gasteiger partial charge in [-0.1, -0.05) is 39.0 Å². The zero-order valence-corrected chi connectivity index (χ0v) is 36.4. The minimum Gasteiger partial charge on any atom is -0.459 e. The van der Waals surface area contributed by atoms with Gasteiger partial charge in [-0.25, -0.2) is 17.9 Å². The third-order valence-corrected chi connectivity index (χ3v) is 13.3. The Morgan fingerprint density at radius 1 is 1.05 bits per heavy atom. The highest BCUT2D eigenvalue weighted by atomic mass is 32.2. The number of hydrogen-bond acceptors (Lipinski definition) is 14. The van der Waals surface area contributed by atoms with Gasteiger partial charge in [0.1, 0.15) is 23.9 Å². The molecule has 0 aromatic heterocycles. The van der Waals surface area contributed by atoms with Gasteiger partial charge in [0.15, 0.2) is 6.29 Å². The second-order valence-corrected chi connectivity index (χ2v) is 18.8. The lowest BCUT2D eigenvalue weighted by Gasteiger charge is -2.46. The van der Waals surface area contributed by atoms with Gasteiger partial charge in [0.05, 0.1) is 34.7 Å². The monoisotopic (exact) mass is 830 g/mol. The van der Waals surface area contributed by atoms with Crippen LogP contribution in [0.15, 0.2) is 29.2 Å². The van der Waals surface area contributed by atoms with Crippen LogP contribution in [0.3, 0.4) is 0 Å². The summed E-state index contributed by atoms with van der Waals surface area (Å²) in [5.74, 6) is -3.15. The molecule has 2 aliphatic heterocycles. The fraction of sp³-hybridized carbons (Fsp3) is 0.800. The predicted octanol–water partition coefficient (Wildman–Crippen LogP) is 1.73. The second kappa shape index (κ2) is 20.2. The zero-order chi connectivity index (χ0) is 43.2. The molecule has 3 rings (SSSR count). The second-order valence-electron chi connectivity index (χ2n) is 17.2. The van der Waals surface area contributed by atoms with Crippen molar-refractivity contribution in [3.63, 3.8) is 0 Å². The number of carbonyl (C=O) groups excluding carboxylic acids is 2. The first-order valence-electron chi connectivity index (χ1n) is 20.1. The van der Waals surface area contributed by atoms with Crippen molar-refractivity contribution in [2.45, 2.75) is 159 Å². The predicted molar refractivity (Wildman–Crippen MR) is 213 cm³/mol. The molecule has 328 valence electrons. The topological polar surface area (TPSA) is 228 Å². The van der Waals surface area contributed by atoms with Crippen LogP contribution >= 0.6 is 0 Å². The summed E-state index contributed by atoms with van der Waals surface area (Å²) in [5, 5.41) is 61.4. The van der Waals surface area contributed by atoms with Crippen LogP contribution in [0.2, 0.25) is 0 Å². The van der Waals surface area contributed by atoms with Gasteiger partial charge in [-0.2, -0.15) is 0 Å². The molecular formula is C40H70N4O12S. The molecule has 2 saturated heterocycles. The molecule has 2 heterocycles. The number of hydrogen-bond donors (Lipinski definition) is 7. The van der Waals surface area contributed by atoms with E-state index < -0.39 is 87.9 Å². The third kappa shape index (κ3) is 12.3. The number of aryl methyl sites for hydroxylation is 1. The van der Waals surface area contributed by atoms with Crippen molar-refractivity contribution in [3.8, 4) is 0 Å². The number of aliphatic hydroxyl groups excluding tert-OH is 3. The van der Waals surface area contributed by atoms with Crippen LogP contribution in [0, 0.1) is 24.7 Å². The number of nitrogens with one attached hydrogen (secondary N) is 2. The van der Waals surface area contributed by atoms with Crippen LogP contribution in [0.25, 0.3) is 0 Å². The normalized spacial score (nSPS) is 38.2. The zero-order valence-electron chi connectivity index (χ0n) is 35.6. The summed E-state index contributed by atoms with van der Waals surface area (Å²) in [6.07, 6.45) is -6.59. The Balaban J connectivity index is 1.92. The number of likely N-dealkylation sites (N-methyl/N-ethyl adjacent to an activating group) is 1. The number of nitrogens with zero attached hydrogens (tertiary/aromatic N) is 2. The van der Waals surface area contributed by atoms with Crippen LogP contribution in [-0.4, -0.2) is 156 Å². The lowest BCUT2D eigenvalue weighted by molar-refractivity contribution is -0.299. The fourth-order valence-electron chi connectivity index (χ4n) is 8.45. The number of amides is 2. The number of urea groups is 1.